The summed E-state index contributed by atoms with van der Waals surface area (Å²) in [5.74, 6) is 1.45. The number of hydrogen-bond donors (Lipinski definition) is 2. The standard InChI is InChI=1S/C23H23N5O2/c1-14-18-11-16(30-2)3-4-19(18)25-20(14)12-28-10-7-17-21(13-28)26-22(27-23(17)29)15-5-8-24-9-6-15/h3-6,8-9,11,25H,7,10,12-13H2,1-2H3,(H,26,27,29). The van der Waals surface area contributed by atoms with Crippen molar-refractivity contribution < 1.29 is 4.74 Å². The van der Waals surface area contributed by atoms with Crippen LogP contribution in [0.25, 0.3) is 22.3 Å². The number of hydrogen-bond acceptors (Lipinski definition) is 5. The third-order valence-corrected chi connectivity index (χ3v) is 5.86. The molecule has 1 aliphatic rings. The lowest BCUT2D eigenvalue weighted by atomic mass is 10.1. The van der Waals surface area contributed by atoms with Crippen LogP contribution in [0.15, 0.2) is 47.5 Å². The van der Waals surface area contributed by atoms with Gasteiger partial charge < -0.3 is 14.7 Å². The van der Waals surface area contributed by atoms with Crippen LogP contribution >= 0.6 is 0 Å². The molecule has 1 aliphatic heterocycles. The number of benzene rings is 1. The number of aryl methyl sites for hydroxylation is 1. The summed E-state index contributed by atoms with van der Waals surface area (Å²) in [6.07, 6.45) is 4.10. The molecule has 0 aliphatic carbocycles. The van der Waals surface area contributed by atoms with Gasteiger partial charge in [-0.15, -0.1) is 0 Å². The molecule has 7 heteroatoms. The van der Waals surface area contributed by atoms with E-state index in [-0.39, 0.29) is 5.56 Å². The van der Waals surface area contributed by atoms with Crippen LogP contribution in [0, 0.1) is 6.92 Å². The monoisotopic (exact) mass is 401 g/mol. The van der Waals surface area contributed by atoms with E-state index in [4.69, 9.17) is 9.72 Å². The van der Waals surface area contributed by atoms with Crippen molar-refractivity contribution in [3.63, 3.8) is 0 Å². The van der Waals surface area contributed by atoms with Crippen LogP contribution in [0.4, 0.5) is 0 Å². The number of methoxy groups -OCH3 is 1. The molecular weight excluding hydrogens is 378 g/mol. The number of H-pyrrole nitrogens is 2. The Labute approximate surface area is 173 Å². The smallest absolute Gasteiger partial charge is 0.254 e. The molecule has 30 heavy (non-hydrogen) atoms. The average molecular weight is 401 g/mol. The first-order chi connectivity index (χ1) is 14.6. The molecule has 0 saturated carbocycles. The van der Waals surface area contributed by atoms with Crippen LogP contribution in [0.5, 0.6) is 5.75 Å². The Morgan fingerprint density at radius 3 is 2.80 bits per heavy atom. The third-order valence-electron chi connectivity index (χ3n) is 5.86. The van der Waals surface area contributed by atoms with E-state index >= 15 is 0 Å². The van der Waals surface area contributed by atoms with Crippen molar-refractivity contribution in [3.05, 3.63) is 75.6 Å². The van der Waals surface area contributed by atoms with E-state index in [1.54, 1.807) is 19.5 Å². The molecule has 0 saturated heterocycles. The van der Waals surface area contributed by atoms with Gasteiger partial charge in [0, 0.05) is 59.8 Å². The molecule has 0 fully saturated rings. The second kappa shape index (κ2) is 7.42. The predicted molar refractivity (Wildman–Crippen MR) is 115 cm³/mol. The van der Waals surface area contributed by atoms with Crippen molar-refractivity contribution in [2.75, 3.05) is 13.7 Å². The molecule has 152 valence electrons. The summed E-state index contributed by atoms with van der Waals surface area (Å²) in [4.78, 5) is 30.2. The Hall–Kier alpha value is -3.45. The number of aromatic amines is 2. The zero-order valence-corrected chi connectivity index (χ0v) is 17.0. The minimum absolute atomic E-state index is 0.0413. The number of aromatic nitrogens is 4. The van der Waals surface area contributed by atoms with Crippen molar-refractivity contribution >= 4 is 10.9 Å². The predicted octanol–water partition coefficient (Wildman–Crippen LogP) is 3.19. The zero-order valence-electron chi connectivity index (χ0n) is 17.0. The van der Waals surface area contributed by atoms with Crippen LogP contribution in [-0.2, 0) is 19.5 Å². The molecule has 0 bridgehead atoms. The lowest BCUT2D eigenvalue weighted by molar-refractivity contribution is 0.238. The number of rotatable bonds is 4. The maximum absolute atomic E-state index is 12.6. The Kier molecular flexibility index (Phi) is 4.59. The van der Waals surface area contributed by atoms with Crippen molar-refractivity contribution in [2.45, 2.75) is 26.4 Å². The summed E-state index contributed by atoms with van der Waals surface area (Å²) in [6.45, 7) is 4.39. The largest absolute Gasteiger partial charge is 0.497 e. The molecule has 1 aromatic carbocycles. The van der Waals surface area contributed by atoms with Gasteiger partial charge in [-0.25, -0.2) is 4.98 Å². The molecule has 4 heterocycles. The minimum Gasteiger partial charge on any atom is -0.497 e. The van der Waals surface area contributed by atoms with Crippen molar-refractivity contribution in [1.82, 2.24) is 24.8 Å². The molecule has 2 N–H and O–H groups in total. The van der Waals surface area contributed by atoms with Gasteiger partial charge in [-0.2, -0.15) is 0 Å². The molecule has 5 rings (SSSR count). The number of pyridine rings is 1. The first-order valence-electron chi connectivity index (χ1n) is 10.0. The van der Waals surface area contributed by atoms with E-state index in [0.29, 0.717) is 18.8 Å². The number of nitrogens with one attached hydrogen (secondary N) is 2. The van der Waals surface area contributed by atoms with E-state index in [9.17, 15) is 4.79 Å². The molecule has 0 amide bonds. The van der Waals surface area contributed by atoms with Gasteiger partial charge in [0.25, 0.3) is 5.56 Å². The summed E-state index contributed by atoms with van der Waals surface area (Å²) < 4.78 is 5.37. The highest BCUT2D eigenvalue weighted by atomic mass is 16.5. The SMILES string of the molecule is COc1ccc2[nH]c(CN3CCc4c(nc(-c5ccncc5)[nH]c4=O)C3)c(C)c2c1. The molecule has 7 nitrogen and oxygen atoms in total. The molecule has 0 atom stereocenters. The molecule has 0 radical (unpaired) electrons. The normalized spacial score (nSPS) is 14.1. The van der Waals surface area contributed by atoms with E-state index in [0.717, 1.165) is 41.2 Å². The van der Waals surface area contributed by atoms with Crippen molar-refractivity contribution in [3.8, 4) is 17.1 Å². The zero-order chi connectivity index (χ0) is 20.7. The fraction of sp³-hybridized carbons (Fsp3) is 0.261. The number of ether oxygens (including phenoxy) is 1. The first-order valence-corrected chi connectivity index (χ1v) is 10.0. The Bertz CT molecular complexity index is 1280. The van der Waals surface area contributed by atoms with Crippen LogP contribution in [-0.4, -0.2) is 38.5 Å². The molecule has 4 aromatic rings. The highest BCUT2D eigenvalue weighted by molar-refractivity contribution is 5.85. The van der Waals surface area contributed by atoms with Gasteiger partial charge in [0.15, 0.2) is 0 Å². The van der Waals surface area contributed by atoms with Crippen molar-refractivity contribution in [1.29, 1.82) is 0 Å². The van der Waals surface area contributed by atoms with Crippen molar-refractivity contribution in [2.24, 2.45) is 0 Å². The van der Waals surface area contributed by atoms with Crippen LogP contribution in [0.2, 0.25) is 0 Å². The van der Waals surface area contributed by atoms with E-state index < -0.39 is 0 Å². The summed E-state index contributed by atoms with van der Waals surface area (Å²) in [5.41, 5.74) is 5.99. The summed E-state index contributed by atoms with van der Waals surface area (Å²) in [7, 11) is 1.68. The topological polar surface area (TPSA) is 86.9 Å². The number of nitrogens with zero attached hydrogens (tertiary/aromatic N) is 3. The number of fused-ring (bicyclic) bond motifs is 2. The highest BCUT2D eigenvalue weighted by Crippen LogP contribution is 2.28. The van der Waals surface area contributed by atoms with Gasteiger partial charge >= 0.3 is 0 Å². The van der Waals surface area contributed by atoms with Crippen LogP contribution in [0.1, 0.15) is 22.5 Å². The van der Waals surface area contributed by atoms with Gasteiger partial charge in [0.1, 0.15) is 11.6 Å². The maximum Gasteiger partial charge on any atom is 0.254 e. The first kappa shape index (κ1) is 18.6. The quantitative estimate of drug-likeness (QED) is 0.548. The van der Waals surface area contributed by atoms with Gasteiger partial charge in [0.05, 0.1) is 12.8 Å². The molecule has 3 aromatic heterocycles. The fourth-order valence-electron chi connectivity index (χ4n) is 4.15. The van der Waals surface area contributed by atoms with Gasteiger partial charge in [-0.3, -0.25) is 14.7 Å². The van der Waals surface area contributed by atoms with E-state index in [2.05, 4.69) is 38.9 Å². The fourth-order valence-corrected chi connectivity index (χ4v) is 4.15. The lowest BCUT2D eigenvalue weighted by Gasteiger charge is -2.27. The van der Waals surface area contributed by atoms with E-state index in [1.165, 1.54) is 16.6 Å². The molecule has 0 spiro atoms. The van der Waals surface area contributed by atoms with Gasteiger partial charge in [-0.05, 0) is 49.2 Å². The molecular formula is C23H23N5O2. The molecule has 0 unspecified atom stereocenters. The minimum atomic E-state index is -0.0413. The van der Waals surface area contributed by atoms with Gasteiger partial charge in [-0.1, -0.05) is 0 Å². The third kappa shape index (κ3) is 3.27. The summed E-state index contributed by atoms with van der Waals surface area (Å²) >= 11 is 0. The van der Waals surface area contributed by atoms with Gasteiger partial charge in [0.2, 0.25) is 0 Å². The average Bonchev–Trinajstić information content (AvgIpc) is 3.08. The second-order valence-electron chi connectivity index (χ2n) is 7.68. The van der Waals surface area contributed by atoms with Crippen LogP contribution < -0.4 is 10.3 Å². The Morgan fingerprint density at radius 2 is 2.00 bits per heavy atom. The Balaban J connectivity index is 1.43. The van der Waals surface area contributed by atoms with E-state index in [1.807, 2.05) is 18.2 Å². The maximum atomic E-state index is 12.6. The van der Waals surface area contributed by atoms with Crippen LogP contribution in [0.3, 0.4) is 0 Å². The Morgan fingerprint density at radius 1 is 1.17 bits per heavy atom. The second-order valence-corrected chi connectivity index (χ2v) is 7.68. The highest BCUT2D eigenvalue weighted by Gasteiger charge is 2.22. The summed E-state index contributed by atoms with van der Waals surface area (Å²) in [5, 5.41) is 1.18. The lowest BCUT2D eigenvalue weighted by Crippen LogP contribution is -2.35. The summed E-state index contributed by atoms with van der Waals surface area (Å²) in [6, 6.07) is 9.80.